The van der Waals surface area contributed by atoms with Gasteiger partial charge in [-0.3, -0.25) is 0 Å². The quantitative estimate of drug-likeness (QED) is 0.585. The van der Waals surface area contributed by atoms with E-state index in [-0.39, 0.29) is 0 Å². The van der Waals surface area contributed by atoms with Crippen molar-refractivity contribution in [1.82, 2.24) is 0 Å². The van der Waals surface area contributed by atoms with Gasteiger partial charge in [-0.1, -0.05) is 51.9 Å². The van der Waals surface area contributed by atoms with Crippen molar-refractivity contribution in [2.45, 2.75) is 71.1 Å². The van der Waals surface area contributed by atoms with Crippen LogP contribution < -0.4 is 0 Å². The largest absolute Gasteiger partial charge is 0.0596 e. The van der Waals surface area contributed by atoms with E-state index < -0.39 is 0 Å². The lowest BCUT2D eigenvalue weighted by Crippen LogP contribution is -2.22. The molecule has 0 amide bonds. The molecule has 0 bridgehead atoms. The average Bonchev–Trinajstić information content (AvgIpc) is 2.57. The zero-order valence-electron chi connectivity index (χ0n) is 9.15. The molecule has 0 aromatic carbocycles. The lowest BCUT2D eigenvalue weighted by molar-refractivity contribution is 0.166. The van der Waals surface area contributed by atoms with Gasteiger partial charge in [-0.05, 0) is 30.6 Å². The molecule has 2 aliphatic rings. The molecule has 0 N–H and O–H groups in total. The summed E-state index contributed by atoms with van der Waals surface area (Å²) in [6.45, 7) is 2.55. The number of hydrogen-bond acceptors (Lipinski definition) is 0. The second-order valence-corrected chi connectivity index (χ2v) is 5.73. The minimum Gasteiger partial charge on any atom is -0.0596 e. The smallest absolute Gasteiger partial charge is 0.0323 e. The minimum absolute atomic E-state index is 0.743. The molecule has 0 spiro atoms. The van der Waals surface area contributed by atoms with Crippen LogP contribution in [0, 0.1) is 11.3 Å². The van der Waals surface area contributed by atoms with E-state index in [0.29, 0.717) is 0 Å². The highest BCUT2D eigenvalue weighted by molar-refractivity contribution is 4.82. The first kappa shape index (κ1) is 9.55. The van der Waals surface area contributed by atoms with Crippen molar-refractivity contribution in [1.29, 1.82) is 0 Å². The van der Waals surface area contributed by atoms with E-state index in [1.165, 1.54) is 57.8 Å². The molecule has 0 radical (unpaired) electrons. The average molecular weight is 180 g/mol. The lowest BCUT2D eigenvalue weighted by Gasteiger charge is -2.35. The Labute approximate surface area is 83.1 Å². The van der Waals surface area contributed by atoms with E-state index in [1.807, 2.05) is 0 Å². The molecule has 0 aromatic rings. The summed E-state index contributed by atoms with van der Waals surface area (Å²) in [5.74, 6) is 1.10. The highest BCUT2D eigenvalue weighted by Gasteiger charge is 2.30. The third-order valence-corrected chi connectivity index (χ3v) is 4.32. The molecule has 0 unspecified atom stereocenters. The fourth-order valence-electron chi connectivity index (χ4n) is 3.52. The van der Waals surface area contributed by atoms with Crippen LogP contribution in [0.25, 0.3) is 0 Å². The zero-order valence-corrected chi connectivity index (χ0v) is 9.15. The molecule has 2 saturated carbocycles. The number of hydrogen-bond donors (Lipinski definition) is 0. The standard InChI is InChI=1S/C13H24/c1-13(9-5-2-6-10-13)11-12-7-3-4-8-12/h12H,2-11H2,1H3. The van der Waals surface area contributed by atoms with Gasteiger partial charge in [0.15, 0.2) is 0 Å². The Balaban J connectivity index is 1.83. The fraction of sp³-hybridized carbons (Fsp3) is 1.00. The topological polar surface area (TPSA) is 0 Å². The van der Waals surface area contributed by atoms with Crippen LogP contribution in [0.2, 0.25) is 0 Å². The normalized spacial score (nSPS) is 29.3. The van der Waals surface area contributed by atoms with Gasteiger partial charge in [0.25, 0.3) is 0 Å². The summed E-state index contributed by atoms with van der Waals surface area (Å²) in [6.07, 6.45) is 15.2. The lowest BCUT2D eigenvalue weighted by atomic mass is 9.70. The molecule has 2 fully saturated rings. The maximum Gasteiger partial charge on any atom is -0.0323 e. The third-order valence-electron chi connectivity index (χ3n) is 4.32. The predicted octanol–water partition coefficient (Wildman–Crippen LogP) is 4.54. The summed E-state index contributed by atoms with van der Waals surface area (Å²) in [6, 6.07) is 0. The summed E-state index contributed by atoms with van der Waals surface area (Å²) in [7, 11) is 0. The molecular formula is C13H24. The maximum absolute atomic E-state index is 2.55. The van der Waals surface area contributed by atoms with Crippen molar-refractivity contribution in [3.63, 3.8) is 0 Å². The van der Waals surface area contributed by atoms with Crippen LogP contribution in [0.15, 0.2) is 0 Å². The van der Waals surface area contributed by atoms with Gasteiger partial charge >= 0.3 is 0 Å². The van der Waals surface area contributed by atoms with E-state index in [2.05, 4.69) is 6.92 Å². The molecule has 0 atom stereocenters. The van der Waals surface area contributed by atoms with Crippen LogP contribution in [0.1, 0.15) is 71.1 Å². The molecule has 0 aliphatic heterocycles. The first-order valence-electron chi connectivity index (χ1n) is 6.29. The van der Waals surface area contributed by atoms with Crippen molar-refractivity contribution < 1.29 is 0 Å². The molecule has 0 nitrogen and oxygen atoms in total. The van der Waals surface area contributed by atoms with E-state index in [0.717, 1.165) is 11.3 Å². The Hall–Kier alpha value is 0. The van der Waals surface area contributed by atoms with Crippen molar-refractivity contribution in [2.24, 2.45) is 11.3 Å². The maximum atomic E-state index is 2.55. The Kier molecular flexibility index (Phi) is 2.96. The first-order chi connectivity index (χ1) is 6.29. The summed E-state index contributed by atoms with van der Waals surface area (Å²) in [5, 5.41) is 0. The van der Waals surface area contributed by atoms with Gasteiger partial charge < -0.3 is 0 Å². The Bertz CT molecular complexity index is 147. The first-order valence-corrected chi connectivity index (χ1v) is 6.29. The fourth-order valence-corrected chi connectivity index (χ4v) is 3.52. The summed E-state index contributed by atoms with van der Waals surface area (Å²) < 4.78 is 0. The van der Waals surface area contributed by atoms with Crippen LogP contribution in [0.5, 0.6) is 0 Å². The molecule has 76 valence electrons. The zero-order chi connectivity index (χ0) is 9.15. The van der Waals surface area contributed by atoms with Crippen molar-refractivity contribution >= 4 is 0 Å². The number of rotatable bonds is 2. The van der Waals surface area contributed by atoms with Crippen molar-refractivity contribution in [3.05, 3.63) is 0 Å². The van der Waals surface area contributed by atoms with Crippen LogP contribution >= 0.6 is 0 Å². The van der Waals surface area contributed by atoms with Gasteiger partial charge in [-0.2, -0.15) is 0 Å². The van der Waals surface area contributed by atoms with Crippen molar-refractivity contribution in [2.75, 3.05) is 0 Å². The highest BCUT2D eigenvalue weighted by atomic mass is 14.4. The van der Waals surface area contributed by atoms with Crippen molar-refractivity contribution in [3.8, 4) is 0 Å². The summed E-state index contributed by atoms with van der Waals surface area (Å²) in [4.78, 5) is 0. The Morgan fingerprint density at radius 2 is 1.54 bits per heavy atom. The van der Waals surface area contributed by atoms with E-state index in [4.69, 9.17) is 0 Å². The minimum atomic E-state index is 0.743. The summed E-state index contributed by atoms with van der Waals surface area (Å²) in [5.41, 5.74) is 0.743. The SMILES string of the molecule is CC1(CC2CCCC2)CCCCC1. The molecule has 0 aromatic heterocycles. The molecule has 0 heterocycles. The van der Waals surface area contributed by atoms with Gasteiger partial charge in [0.1, 0.15) is 0 Å². The van der Waals surface area contributed by atoms with Crippen LogP contribution in [0.4, 0.5) is 0 Å². The molecule has 0 heteroatoms. The monoisotopic (exact) mass is 180 g/mol. The molecule has 0 saturated heterocycles. The Morgan fingerprint density at radius 3 is 2.15 bits per heavy atom. The van der Waals surface area contributed by atoms with Gasteiger partial charge in [-0.15, -0.1) is 0 Å². The van der Waals surface area contributed by atoms with Gasteiger partial charge in [-0.25, -0.2) is 0 Å². The molecular weight excluding hydrogens is 156 g/mol. The van der Waals surface area contributed by atoms with Gasteiger partial charge in [0.05, 0.1) is 0 Å². The molecule has 13 heavy (non-hydrogen) atoms. The third kappa shape index (κ3) is 2.48. The molecule has 2 aliphatic carbocycles. The van der Waals surface area contributed by atoms with Gasteiger partial charge in [0, 0.05) is 0 Å². The second-order valence-electron chi connectivity index (χ2n) is 5.73. The summed E-state index contributed by atoms with van der Waals surface area (Å²) >= 11 is 0. The van der Waals surface area contributed by atoms with E-state index in [1.54, 1.807) is 6.42 Å². The van der Waals surface area contributed by atoms with E-state index in [9.17, 15) is 0 Å². The second kappa shape index (κ2) is 4.02. The Morgan fingerprint density at radius 1 is 0.923 bits per heavy atom. The van der Waals surface area contributed by atoms with E-state index >= 15 is 0 Å². The predicted molar refractivity (Wildman–Crippen MR) is 57.8 cm³/mol. The molecule has 2 rings (SSSR count). The highest BCUT2D eigenvalue weighted by Crippen LogP contribution is 2.44. The van der Waals surface area contributed by atoms with Crippen LogP contribution in [0.3, 0.4) is 0 Å². The van der Waals surface area contributed by atoms with Gasteiger partial charge in [0.2, 0.25) is 0 Å². The van der Waals surface area contributed by atoms with Crippen LogP contribution in [-0.2, 0) is 0 Å². The van der Waals surface area contributed by atoms with Crippen LogP contribution in [-0.4, -0.2) is 0 Å².